The third-order valence-electron chi connectivity index (χ3n) is 3.57. The van der Waals surface area contributed by atoms with Crippen molar-refractivity contribution < 1.29 is 0 Å². The Morgan fingerprint density at radius 3 is 2.26 bits per heavy atom. The number of hydrogen-bond acceptors (Lipinski definition) is 1. The summed E-state index contributed by atoms with van der Waals surface area (Å²) in [7, 11) is 0. The monoisotopic (exact) mass is 365 g/mol. The van der Waals surface area contributed by atoms with Crippen molar-refractivity contribution in [2.24, 2.45) is 0 Å². The van der Waals surface area contributed by atoms with Gasteiger partial charge in [-0.15, -0.1) is 0 Å². The lowest BCUT2D eigenvalue weighted by molar-refractivity contribution is 0.892. The fourth-order valence-electron chi connectivity index (χ4n) is 2.22. The first-order valence-electron chi connectivity index (χ1n) is 7.27. The molecule has 0 saturated heterocycles. The van der Waals surface area contributed by atoms with Crippen molar-refractivity contribution in [3.63, 3.8) is 0 Å². The summed E-state index contributed by atoms with van der Waals surface area (Å²) in [4.78, 5) is 0. The highest BCUT2D eigenvalue weighted by Gasteiger charge is 2.12. The molecule has 1 nitrogen and oxygen atoms in total. The van der Waals surface area contributed by atoms with Crippen molar-refractivity contribution in [3.05, 3.63) is 81.3 Å². The lowest BCUT2D eigenvalue weighted by Gasteiger charge is -2.14. The van der Waals surface area contributed by atoms with Crippen LogP contribution in [0.1, 0.15) is 30.0 Å². The SMILES string of the molecule is C=C(NCc1cccc(Cl)c1)c1cc(Cl)c(C(=C)CC)c(Cl)c1. The third kappa shape index (κ3) is 4.54. The molecule has 0 aliphatic carbocycles. The van der Waals surface area contributed by atoms with Crippen molar-refractivity contribution in [1.82, 2.24) is 5.32 Å². The predicted molar refractivity (Wildman–Crippen MR) is 103 cm³/mol. The van der Waals surface area contributed by atoms with Crippen LogP contribution in [0, 0.1) is 0 Å². The van der Waals surface area contributed by atoms with Crippen molar-refractivity contribution in [2.45, 2.75) is 19.9 Å². The van der Waals surface area contributed by atoms with E-state index in [1.165, 1.54) is 0 Å². The lowest BCUT2D eigenvalue weighted by atomic mass is 10.0. The Morgan fingerprint density at radius 1 is 1.04 bits per heavy atom. The van der Waals surface area contributed by atoms with Gasteiger partial charge in [-0.25, -0.2) is 0 Å². The van der Waals surface area contributed by atoms with E-state index in [1.807, 2.05) is 43.3 Å². The summed E-state index contributed by atoms with van der Waals surface area (Å²) in [5, 5.41) is 5.15. The fourth-order valence-corrected chi connectivity index (χ4v) is 3.19. The summed E-state index contributed by atoms with van der Waals surface area (Å²) in [5.41, 5.74) is 4.41. The molecule has 0 heterocycles. The molecular weight excluding hydrogens is 349 g/mol. The molecule has 0 saturated carbocycles. The topological polar surface area (TPSA) is 12.0 Å². The number of allylic oxidation sites excluding steroid dienone is 1. The second kappa shape index (κ2) is 7.92. The van der Waals surface area contributed by atoms with Gasteiger partial charge in [0.2, 0.25) is 0 Å². The minimum atomic E-state index is 0.588. The number of hydrogen-bond donors (Lipinski definition) is 1. The molecule has 23 heavy (non-hydrogen) atoms. The highest BCUT2D eigenvalue weighted by atomic mass is 35.5. The standard InChI is InChI=1S/C19H18Cl3N/c1-4-12(2)19-17(21)9-15(10-18(19)22)13(3)23-11-14-6-5-7-16(20)8-14/h5-10,23H,2-4,11H2,1H3. The van der Waals surface area contributed by atoms with Gasteiger partial charge in [0, 0.05) is 22.8 Å². The van der Waals surface area contributed by atoms with Crippen molar-refractivity contribution in [3.8, 4) is 0 Å². The Labute approximate surface area is 152 Å². The fraction of sp³-hybridized carbons (Fsp3) is 0.158. The Bertz CT molecular complexity index is 727. The molecule has 0 aliphatic rings. The molecule has 1 N–H and O–H groups in total. The summed E-state index contributed by atoms with van der Waals surface area (Å²) in [6.45, 7) is 10.7. The van der Waals surface area contributed by atoms with Crippen LogP contribution in [-0.2, 0) is 6.54 Å². The van der Waals surface area contributed by atoms with Crippen molar-refractivity contribution >= 4 is 46.1 Å². The maximum atomic E-state index is 6.36. The minimum Gasteiger partial charge on any atom is -0.381 e. The smallest absolute Gasteiger partial charge is 0.0502 e. The van der Waals surface area contributed by atoms with Gasteiger partial charge in [-0.3, -0.25) is 0 Å². The summed E-state index contributed by atoms with van der Waals surface area (Å²) >= 11 is 18.7. The van der Waals surface area contributed by atoms with Gasteiger partial charge in [0.25, 0.3) is 0 Å². The molecule has 4 heteroatoms. The first-order chi connectivity index (χ1) is 10.9. The summed E-state index contributed by atoms with van der Waals surface area (Å²) in [5.74, 6) is 0. The molecule has 0 aliphatic heterocycles. The van der Waals surface area contributed by atoms with Gasteiger partial charge < -0.3 is 5.32 Å². The van der Waals surface area contributed by atoms with Crippen LogP contribution < -0.4 is 5.32 Å². The summed E-state index contributed by atoms with van der Waals surface area (Å²) < 4.78 is 0. The highest BCUT2D eigenvalue weighted by molar-refractivity contribution is 6.37. The zero-order valence-corrected chi connectivity index (χ0v) is 15.2. The van der Waals surface area contributed by atoms with E-state index in [0.717, 1.165) is 34.4 Å². The van der Waals surface area contributed by atoms with Gasteiger partial charge in [0.05, 0.1) is 10.0 Å². The molecule has 0 spiro atoms. The van der Waals surface area contributed by atoms with Gasteiger partial charge >= 0.3 is 0 Å². The number of halogens is 3. The van der Waals surface area contributed by atoms with Crippen LogP contribution in [0.5, 0.6) is 0 Å². The highest BCUT2D eigenvalue weighted by Crippen LogP contribution is 2.34. The lowest BCUT2D eigenvalue weighted by Crippen LogP contribution is -2.11. The van der Waals surface area contributed by atoms with E-state index < -0.39 is 0 Å². The van der Waals surface area contributed by atoms with Gasteiger partial charge in [0.15, 0.2) is 0 Å². The molecule has 0 unspecified atom stereocenters. The number of rotatable bonds is 6. The van der Waals surface area contributed by atoms with E-state index in [1.54, 1.807) is 0 Å². The Kier molecular flexibility index (Phi) is 6.17. The van der Waals surface area contributed by atoms with Gasteiger partial charge in [0.1, 0.15) is 0 Å². The van der Waals surface area contributed by atoms with Gasteiger partial charge in [-0.05, 0) is 47.4 Å². The molecule has 0 atom stereocenters. The molecule has 2 aromatic carbocycles. The van der Waals surface area contributed by atoms with Crippen molar-refractivity contribution in [1.29, 1.82) is 0 Å². The molecule has 0 radical (unpaired) electrons. The maximum Gasteiger partial charge on any atom is 0.0502 e. The van der Waals surface area contributed by atoms with E-state index in [0.29, 0.717) is 21.6 Å². The van der Waals surface area contributed by atoms with E-state index >= 15 is 0 Å². The molecule has 0 fully saturated rings. The Hall–Kier alpha value is -1.41. The maximum absolute atomic E-state index is 6.36. The van der Waals surface area contributed by atoms with E-state index in [9.17, 15) is 0 Å². The largest absolute Gasteiger partial charge is 0.381 e. The van der Waals surface area contributed by atoms with E-state index in [2.05, 4.69) is 18.5 Å². The molecular formula is C19H18Cl3N. The number of nitrogens with one attached hydrogen (secondary N) is 1. The number of benzene rings is 2. The predicted octanol–water partition coefficient (Wildman–Crippen LogP) is 6.83. The molecule has 0 bridgehead atoms. The van der Waals surface area contributed by atoms with Crippen LogP contribution in [-0.4, -0.2) is 0 Å². The molecule has 0 aromatic heterocycles. The second-order valence-corrected chi connectivity index (χ2v) is 6.48. The third-order valence-corrected chi connectivity index (χ3v) is 4.40. The Morgan fingerprint density at radius 2 is 1.70 bits per heavy atom. The first kappa shape index (κ1) is 17.9. The zero-order chi connectivity index (χ0) is 17.0. The van der Waals surface area contributed by atoms with Crippen molar-refractivity contribution in [2.75, 3.05) is 0 Å². The van der Waals surface area contributed by atoms with Gasteiger partial charge in [-0.1, -0.05) is 67.0 Å². The van der Waals surface area contributed by atoms with Crippen LogP contribution >= 0.6 is 34.8 Å². The Balaban J connectivity index is 2.15. The zero-order valence-electron chi connectivity index (χ0n) is 12.9. The molecule has 2 aromatic rings. The quantitative estimate of drug-likeness (QED) is 0.590. The van der Waals surface area contributed by atoms with Crippen LogP contribution in [0.15, 0.2) is 49.6 Å². The second-order valence-electron chi connectivity index (χ2n) is 5.23. The summed E-state index contributed by atoms with van der Waals surface area (Å²) in [6, 6.07) is 11.4. The molecule has 2 rings (SSSR count). The minimum absolute atomic E-state index is 0.588. The van der Waals surface area contributed by atoms with Gasteiger partial charge in [-0.2, -0.15) is 0 Å². The van der Waals surface area contributed by atoms with Crippen LogP contribution in [0.3, 0.4) is 0 Å². The average molecular weight is 367 g/mol. The van der Waals surface area contributed by atoms with E-state index in [4.69, 9.17) is 34.8 Å². The van der Waals surface area contributed by atoms with Crippen LogP contribution in [0.2, 0.25) is 15.1 Å². The summed E-state index contributed by atoms with van der Waals surface area (Å²) in [6.07, 6.45) is 0.798. The normalized spacial score (nSPS) is 10.4. The molecule has 120 valence electrons. The van der Waals surface area contributed by atoms with Crippen LogP contribution in [0.25, 0.3) is 11.3 Å². The average Bonchev–Trinajstić information content (AvgIpc) is 2.51. The van der Waals surface area contributed by atoms with Crippen LogP contribution in [0.4, 0.5) is 0 Å². The first-order valence-corrected chi connectivity index (χ1v) is 8.40. The van der Waals surface area contributed by atoms with E-state index in [-0.39, 0.29) is 0 Å². The molecule has 0 amide bonds.